The van der Waals surface area contributed by atoms with Crippen molar-refractivity contribution in [2.75, 3.05) is 0 Å². The monoisotopic (exact) mass is 432 g/mol. The summed E-state index contributed by atoms with van der Waals surface area (Å²) >= 11 is 6.45. The van der Waals surface area contributed by atoms with Gasteiger partial charge in [-0.15, -0.1) is 0 Å². The van der Waals surface area contributed by atoms with E-state index in [2.05, 4.69) is 11.1 Å². The molecule has 0 aliphatic rings. The van der Waals surface area contributed by atoms with E-state index < -0.39 is 5.82 Å². The number of hydrogen-bond donors (Lipinski definition) is 0. The van der Waals surface area contributed by atoms with E-state index in [1.165, 1.54) is 6.07 Å². The first kappa shape index (κ1) is 22.4. The van der Waals surface area contributed by atoms with Crippen molar-refractivity contribution < 1.29 is 9.18 Å². The number of hydrogen-bond acceptors (Lipinski definition) is 3. The van der Waals surface area contributed by atoms with Crippen molar-refractivity contribution in [1.29, 1.82) is 5.26 Å². The topological polar surface area (TPSA) is 53.8 Å². The van der Waals surface area contributed by atoms with Gasteiger partial charge in [-0.2, -0.15) is 5.26 Å². The Hall–Kier alpha value is -3.29. The van der Waals surface area contributed by atoms with Gasteiger partial charge >= 0.3 is 0 Å². The van der Waals surface area contributed by atoms with E-state index in [0.29, 0.717) is 39.4 Å². The lowest BCUT2D eigenvalue weighted by Gasteiger charge is -2.13. The third-order valence-electron chi connectivity index (χ3n) is 5.35. The van der Waals surface area contributed by atoms with Crippen LogP contribution >= 0.6 is 11.6 Å². The summed E-state index contributed by atoms with van der Waals surface area (Å²) in [6.07, 6.45) is 3.69. The van der Waals surface area contributed by atoms with Crippen LogP contribution in [0.25, 0.3) is 22.8 Å². The van der Waals surface area contributed by atoms with Crippen molar-refractivity contribution in [2.24, 2.45) is 0 Å². The van der Waals surface area contributed by atoms with Crippen LogP contribution in [0.2, 0.25) is 5.02 Å². The second-order valence-corrected chi connectivity index (χ2v) is 7.84. The van der Waals surface area contributed by atoms with Gasteiger partial charge in [-0.3, -0.25) is 9.78 Å². The van der Waals surface area contributed by atoms with Gasteiger partial charge in [0.05, 0.1) is 22.3 Å². The average Bonchev–Trinajstić information content (AvgIpc) is 2.76. The Morgan fingerprint density at radius 1 is 1.23 bits per heavy atom. The highest BCUT2D eigenvalue weighted by Gasteiger charge is 2.14. The maximum atomic E-state index is 14.7. The zero-order valence-corrected chi connectivity index (χ0v) is 18.6. The number of carbonyl (C=O) groups is 1. The maximum absolute atomic E-state index is 14.7. The number of aromatic nitrogens is 1. The van der Waals surface area contributed by atoms with Crippen LogP contribution in [0.4, 0.5) is 4.39 Å². The summed E-state index contributed by atoms with van der Waals surface area (Å²) in [6.45, 7) is 7.33. The smallest absolute Gasteiger partial charge is 0.162 e. The summed E-state index contributed by atoms with van der Waals surface area (Å²) in [4.78, 5) is 16.3. The minimum Gasteiger partial charge on any atom is -0.294 e. The number of nitriles is 1. The summed E-state index contributed by atoms with van der Waals surface area (Å²) in [5, 5.41) is 9.84. The molecule has 0 N–H and O–H groups in total. The van der Waals surface area contributed by atoms with Crippen molar-refractivity contribution in [3.63, 3.8) is 0 Å². The highest BCUT2D eigenvalue weighted by molar-refractivity contribution is 6.33. The van der Waals surface area contributed by atoms with Crippen molar-refractivity contribution in [1.82, 2.24) is 4.98 Å². The van der Waals surface area contributed by atoms with Crippen LogP contribution in [-0.4, -0.2) is 10.8 Å². The number of nitrogens with zero attached hydrogens (tertiary/aromatic N) is 2. The quantitative estimate of drug-likeness (QED) is 0.401. The first-order chi connectivity index (χ1) is 14.8. The Labute approximate surface area is 186 Å². The number of ketones is 1. The number of Topliss-reactive ketones (excluding diaryl/α,β-unsaturated/α-hetero) is 1. The minimum atomic E-state index is -0.447. The molecular formula is C26H22ClFN2O. The molecule has 3 rings (SSSR count). The molecule has 1 heterocycles. The number of allylic oxidation sites excluding steroid dienone is 1. The fourth-order valence-electron chi connectivity index (χ4n) is 3.49. The molecule has 3 nitrogen and oxygen atoms in total. The fourth-order valence-corrected chi connectivity index (χ4v) is 3.79. The van der Waals surface area contributed by atoms with Crippen LogP contribution < -0.4 is 0 Å². The Kier molecular flexibility index (Phi) is 6.68. The molecule has 0 saturated carbocycles. The highest BCUT2D eigenvalue weighted by atomic mass is 35.5. The molecule has 0 spiro atoms. The lowest BCUT2D eigenvalue weighted by molar-refractivity contribution is 0.0987. The normalized spacial score (nSPS) is 11.3. The van der Waals surface area contributed by atoms with Crippen LogP contribution in [-0.2, 0) is 0 Å². The molecule has 3 aromatic rings. The number of carbonyl (C=O) groups excluding carboxylic acids is 1. The number of pyridine rings is 1. The lowest BCUT2D eigenvalue weighted by atomic mass is 9.95. The van der Waals surface area contributed by atoms with Gasteiger partial charge in [-0.05, 0) is 61.2 Å². The number of aryl methyl sites for hydroxylation is 1. The summed E-state index contributed by atoms with van der Waals surface area (Å²) < 4.78 is 14.7. The zero-order valence-electron chi connectivity index (χ0n) is 17.9. The largest absolute Gasteiger partial charge is 0.294 e. The van der Waals surface area contributed by atoms with Crippen LogP contribution in [0.5, 0.6) is 0 Å². The van der Waals surface area contributed by atoms with E-state index in [1.807, 2.05) is 32.0 Å². The van der Waals surface area contributed by atoms with Gasteiger partial charge in [0.2, 0.25) is 0 Å². The van der Waals surface area contributed by atoms with E-state index in [-0.39, 0.29) is 5.78 Å². The summed E-state index contributed by atoms with van der Waals surface area (Å²) in [5.41, 5.74) is 6.04. The molecule has 0 amide bonds. The first-order valence-electron chi connectivity index (χ1n) is 9.94. The summed E-state index contributed by atoms with van der Waals surface area (Å²) in [6, 6.07) is 12.4. The van der Waals surface area contributed by atoms with Gasteiger partial charge in [0.1, 0.15) is 5.82 Å². The predicted octanol–water partition coefficient (Wildman–Crippen LogP) is 7.18. The van der Waals surface area contributed by atoms with E-state index >= 15 is 0 Å². The van der Waals surface area contributed by atoms with Gasteiger partial charge in [0.15, 0.2) is 5.78 Å². The van der Waals surface area contributed by atoms with Crippen molar-refractivity contribution in [2.45, 2.75) is 34.1 Å². The molecule has 2 aromatic carbocycles. The second kappa shape index (κ2) is 9.24. The molecule has 31 heavy (non-hydrogen) atoms. The number of halogens is 2. The van der Waals surface area contributed by atoms with Gasteiger partial charge in [0, 0.05) is 29.3 Å². The summed E-state index contributed by atoms with van der Waals surface area (Å²) in [7, 11) is 0. The standard InChI is InChI=1S/C26H22ClFN2O/c1-5-25(31)18-8-9-21(23(28)12-18)16(3)10-24-17(4)26(22(27)14-30-24)19-7-6-15(2)20(11-19)13-29/h6-12,14H,5H2,1-4H3/b16-10+. The van der Waals surface area contributed by atoms with E-state index in [9.17, 15) is 14.4 Å². The third kappa shape index (κ3) is 4.57. The number of rotatable bonds is 5. The molecule has 0 fully saturated rings. The van der Waals surface area contributed by atoms with Crippen LogP contribution in [0.15, 0.2) is 42.6 Å². The third-order valence-corrected chi connectivity index (χ3v) is 5.64. The second-order valence-electron chi connectivity index (χ2n) is 7.43. The molecule has 0 bridgehead atoms. The molecule has 0 unspecified atom stereocenters. The maximum Gasteiger partial charge on any atom is 0.162 e. The Morgan fingerprint density at radius 2 is 1.97 bits per heavy atom. The van der Waals surface area contributed by atoms with Crippen LogP contribution in [0.1, 0.15) is 58.6 Å². The van der Waals surface area contributed by atoms with Gasteiger partial charge in [-0.1, -0.05) is 42.8 Å². The van der Waals surface area contributed by atoms with Gasteiger partial charge < -0.3 is 0 Å². The van der Waals surface area contributed by atoms with E-state index in [4.69, 9.17) is 11.6 Å². The van der Waals surface area contributed by atoms with Gasteiger partial charge in [0.25, 0.3) is 0 Å². The molecule has 0 aliphatic heterocycles. The Balaban J connectivity index is 2.07. The molecule has 1 aromatic heterocycles. The lowest BCUT2D eigenvalue weighted by Crippen LogP contribution is -1.99. The highest BCUT2D eigenvalue weighted by Crippen LogP contribution is 2.34. The molecular weight excluding hydrogens is 411 g/mol. The SMILES string of the molecule is CCC(=O)c1ccc(/C(C)=C/c2ncc(Cl)c(-c3ccc(C)c(C#N)c3)c2C)c(F)c1. The molecule has 156 valence electrons. The Morgan fingerprint density at radius 3 is 2.61 bits per heavy atom. The molecule has 0 aliphatic carbocycles. The molecule has 5 heteroatoms. The summed E-state index contributed by atoms with van der Waals surface area (Å²) in [5.74, 6) is -0.543. The molecule has 0 radical (unpaired) electrons. The van der Waals surface area contributed by atoms with Crippen molar-refractivity contribution >= 4 is 29.0 Å². The Bertz CT molecular complexity index is 1250. The molecule has 0 saturated heterocycles. The zero-order chi connectivity index (χ0) is 22.7. The van der Waals surface area contributed by atoms with E-state index in [0.717, 1.165) is 22.3 Å². The van der Waals surface area contributed by atoms with Gasteiger partial charge in [-0.25, -0.2) is 4.39 Å². The van der Waals surface area contributed by atoms with E-state index in [1.54, 1.807) is 38.3 Å². The average molecular weight is 433 g/mol. The van der Waals surface area contributed by atoms with Crippen LogP contribution in [0, 0.1) is 31.0 Å². The van der Waals surface area contributed by atoms with Crippen LogP contribution in [0.3, 0.4) is 0 Å². The molecule has 0 atom stereocenters. The fraction of sp³-hybridized carbons (Fsp3) is 0.192. The number of benzene rings is 2. The van der Waals surface area contributed by atoms with Crippen molar-refractivity contribution in [3.05, 3.63) is 86.9 Å². The minimum absolute atomic E-state index is 0.0956. The predicted molar refractivity (Wildman–Crippen MR) is 123 cm³/mol. The first-order valence-corrected chi connectivity index (χ1v) is 10.3. The van der Waals surface area contributed by atoms with Crippen molar-refractivity contribution in [3.8, 4) is 17.2 Å².